The number of rotatable bonds is 5. The molecule has 29 heavy (non-hydrogen) atoms. The molecule has 7 nitrogen and oxygen atoms in total. The Bertz CT molecular complexity index is 1190. The molecule has 146 valence electrons. The largest absolute Gasteiger partial charge is 0.329 e. The molecule has 0 bridgehead atoms. The Labute approximate surface area is 167 Å². The number of benzene rings is 2. The summed E-state index contributed by atoms with van der Waals surface area (Å²) in [6.07, 6.45) is 3.55. The van der Waals surface area contributed by atoms with Gasteiger partial charge < -0.3 is 9.88 Å². The highest BCUT2D eigenvalue weighted by Crippen LogP contribution is 2.15. The molecule has 0 fully saturated rings. The van der Waals surface area contributed by atoms with Gasteiger partial charge in [0.05, 0.1) is 23.1 Å². The van der Waals surface area contributed by atoms with Crippen LogP contribution in [0.1, 0.15) is 30.0 Å². The summed E-state index contributed by atoms with van der Waals surface area (Å²) in [5.74, 6) is 0.340. The van der Waals surface area contributed by atoms with Gasteiger partial charge in [0, 0.05) is 24.0 Å². The minimum Gasteiger partial charge on any atom is -0.329 e. The van der Waals surface area contributed by atoms with Crippen molar-refractivity contribution in [3.63, 3.8) is 0 Å². The van der Waals surface area contributed by atoms with Gasteiger partial charge in [0.1, 0.15) is 5.82 Å². The lowest BCUT2D eigenvalue weighted by Gasteiger charge is -2.26. The predicted octanol–water partition coefficient (Wildman–Crippen LogP) is 3.16. The van der Waals surface area contributed by atoms with Crippen LogP contribution in [0.3, 0.4) is 0 Å². The summed E-state index contributed by atoms with van der Waals surface area (Å²) in [6.45, 7) is 4.10. The average Bonchev–Trinajstić information content (AvgIpc) is 3.26. The number of nitrogens with zero attached hydrogens (tertiary/aromatic N) is 4. The molecular formula is C22H21N5O2. The van der Waals surface area contributed by atoms with E-state index in [2.05, 4.69) is 15.1 Å². The Morgan fingerprint density at radius 1 is 1.10 bits per heavy atom. The predicted molar refractivity (Wildman–Crippen MR) is 111 cm³/mol. The van der Waals surface area contributed by atoms with Crippen LogP contribution in [0.2, 0.25) is 0 Å². The Balaban J connectivity index is 1.61. The highest BCUT2D eigenvalue weighted by Gasteiger charge is 2.20. The van der Waals surface area contributed by atoms with Crippen LogP contribution in [-0.2, 0) is 6.54 Å². The van der Waals surface area contributed by atoms with E-state index < -0.39 is 0 Å². The van der Waals surface area contributed by atoms with Gasteiger partial charge in [-0.05, 0) is 56.3 Å². The van der Waals surface area contributed by atoms with Gasteiger partial charge in [-0.1, -0.05) is 12.1 Å². The molecular weight excluding hydrogens is 366 g/mol. The zero-order valence-electron chi connectivity index (χ0n) is 16.2. The molecule has 1 N–H and O–H groups in total. The normalized spacial score (nSPS) is 11.1. The number of para-hydroxylation sites is 1. The minimum atomic E-state index is -0.203. The van der Waals surface area contributed by atoms with Crippen molar-refractivity contribution in [1.82, 2.24) is 24.6 Å². The lowest BCUT2D eigenvalue weighted by molar-refractivity contribution is 0.0685. The van der Waals surface area contributed by atoms with Crippen molar-refractivity contribution in [2.24, 2.45) is 0 Å². The van der Waals surface area contributed by atoms with E-state index in [1.807, 2.05) is 44.3 Å². The number of aromatic nitrogens is 4. The molecule has 2 aromatic heterocycles. The fourth-order valence-electron chi connectivity index (χ4n) is 3.20. The summed E-state index contributed by atoms with van der Waals surface area (Å²) in [5, 5.41) is 4.73. The van der Waals surface area contributed by atoms with Gasteiger partial charge in [-0.25, -0.2) is 9.67 Å². The summed E-state index contributed by atoms with van der Waals surface area (Å²) < 4.78 is 1.73. The lowest BCUT2D eigenvalue weighted by Crippen LogP contribution is -2.37. The second-order valence-corrected chi connectivity index (χ2v) is 7.05. The standard InChI is InChI=1S/C22H21N5O2/c1-15(2)26(14-20-24-19-7-4-3-6-18(19)21(28)25-20)22(29)16-8-10-17(11-9-16)27-13-5-12-23-27/h3-13,15H,14H2,1-2H3,(H,24,25,28). The van der Waals surface area contributed by atoms with Gasteiger partial charge >= 0.3 is 0 Å². The van der Waals surface area contributed by atoms with Crippen LogP contribution >= 0.6 is 0 Å². The van der Waals surface area contributed by atoms with E-state index in [1.165, 1.54) is 0 Å². The SMILES string of the molecule is CC(C)N(Cc1nc2ccccc2c(=O)[nH]1)C(=O)c1ccc(-n2cccn2)cc1. The molecule has 4 aromatic rings. The van der Waals surface area contributed by atoms with Crippen molar-refractivity contribution in [2.45, 2.75) is 26.4 Å². The van der Waals surface area contributed by atoms with Crippen LogP contribution < -0.4 is 5.56 Å². The molecule has 2 aromatic carbocycles. The van der Waals surface area contributed by atoms with E-state index in [-0.39, 0.29) is 24.1 Å². The number of H-pyrrole nitrogens is 1. The summed E-state index contributed by atoms with van der Waals surface area (Å²) >= 11 is 0. The molecule has 0 atom stereocenters. The van der Waals surface area contributed by atoms with Gasteiger partial charge in [0.15, 0.2) is 0 Å². The summed E-state index contributed by atoms with van der Waals surface area (Å²) in [5.41, 5.74) is 1.86. The van der Waals surface area contributed by atoms with Crippen molar-refractivity contribution >= 4 is 16.8 Å². The van der Waals surface area contributed by atoms with E-state index in [4.69, 9.17) is 0 Å². The molecule has 0 saturated carbocycles. The van der Waals surface area contributed by atoms with Crippen LogP contribution in [0, 0.1) is 0 Å². The van der Waals surface area contributed by atoms with Crippen molar-refractivity contribution < 1.29 is 4.79 Å². The van der Waals surface area contributed by atoms with Crippen LogP contribution in [0.5, 0.6) is 0 Å². The molecule has 0 radical (unpaired) electrons. The molecule has 1 amide bonds. The smallest absolute Gasteiger partial charge is 0.258 e. The van der Waals surface area contributed by atoms with Crippen molar-refractivity contribution in [3.05, 3.63) is 88.7 Å². The van der Waals surface area contributed by atoms with Crippen LogP contribution in [0.4, 0.5) is 0 Å². The maximum atomic E-state index is 13.1. The van der Waals surface area contributed by atoms with Gasteiger partial charge in [0.25, 0.3) is 11.5 Å². The van der Waals surface area contributed by atoms with Crippen LogP contribution in [0.25, 0.3) is 16.6 Å². The Morgan fingerprint density at radius 3 is 2.55 bits per heavy atom. The highest BCUT2D eigenvalue weighted by atomic mass is 16.2. The Morgan fingerprint density at radius 2 is 1.86 bits per heavy atom. The number of amides is 1. The lowest BCUT2D eigenvalue weighted by atomic mass is 10.1. The molecule has 0 aliphatic rings. The third-order valence-corrected chi connectivity index (χ3v) is 4.75. The van der Waals surface area contributed by atoms with E-state index in [9.17, 15) is 9.59 Å². The van der Waals surface area contributed by atoms with Crippen molar-refractivity contribution in [1.29, 1.82) is 0 Å². The Kier molecular flexibility index (Phi) is 4.95. The van der Waals surface area contributed by atoms with Gasteiger partial charge in [-0.3, -0.25) is 9.59 Å². The first-order chi connectivity index (χ1) is 14.0. The zero-order valence-corrected chi connectivity index (χ0v) is 16.2. The maximum Gasteiger partial charge on any atom is 0.258 e. The summed E-state index contributed by atoms with van der Waals surface area (Å²) in [4.78, 5) is 34.5. The molecule has 0 saturated heterocycles. The fourth-order valence-corrected chi connectivity index (χ4v) is 3.20. The number of carbonyl (C=O) groups excluding carboxylic acids is 1. The second kappa shape index (κ2) is 7.71. The maximum absolute atomic E-state index is 13.1. The van der Waals surface area contributed by atoms with Crippen LogP contribution in [0.15, 0.2) is 71.8 Å². The summed E-state index contributed by atoms with van der Waals surface area (Å²) in [6, 6.07) is 16.2. The van der Waals surface area contributed by atoms with Gasteiger partial charge in [-0.2, -0.15) is 5.10 Å². The topological polar surface area (TPSA) is 83.9 Å². The number of hydrogen-bond donors (Lipinski definition) is 1. The van der Waals surface area contributed by atoms with Crippen molar-refractivity contribution in [2.75, 3.05) is 0 Å². The number of carbonyl (C=O) groups is 1. The number of aromatic amines is 1. The quantitative estimate of drug-likeness (QED) is 0.570. The molecule has 2 heterocycles. The second-order valence-electron chi connectivity index (χ2n) is 7.05. The molecule has 0 spiro atoms. The first-order valence-electron chi connectivity index (χ1n) is 9.42. The molecule has 7 heteroatoms. The number of hydrogen-bond acceptors (Lipinski definition) is 4. The molecule has 0 aliphatic heterocycles. The number of nitrogens with one attached hydrogen (secondary N) is 1. The van der Waals surface area contributed by atoms with Gasteiger partial charge in [0.2, 0.25) is 0 Å². The first-order valence-corrected chi connectivity index (χ1v) is 9.42. The third-order valence-electron chi connectivity index (χ3n) is 4.75. The zero-order chi connectivity index (χ0) is 20.4. The molecule has 0 unspecified atom stereocenters. The monoisotopic (exact) mass is 387 g/mol. The highest BCUT2D eigenvalue weighted by molar-refractivity contribution is 5.94. The first kappa shape index (κ1) is 18.6. The summed E-state index contributed by atoms with van der Waals surface area (Å²) in [7, 11) is 0. The molecule has 4 rings (SSSR count). The van der Waals surface area contributed by atoms with E-state index >= 15 is 0 Å². The Hall–Kier alpha value is -3.74. The molecule has 0 aliphatic carbocycles. The van der Waals surface area contributed by atoms with E-state index in [0.717, 1.165) is 5.69 Å². The van der Waals surface area contributed by atoms with Gasteiger partial charge in [-0.15, -0.1) is 0 Å². The van der Waals surface area contributed by atoms with E-state index in [0.29, 0.717) is 22.3 Å². The fraction of sp³-hybridized carbons (Fsp3) is 0.182. The van der Waals surface area contributed by atoms with E-state index in [1.54, 1.807) is 46.1 Å². The third kappa shape index (κ3) is 3.80. The van der Waals surface area contributed by atoms with Crippen molar-refractivity contribution in [3.8, 4) is 5.69 Å². The average molecular weight is 387 g/mol. The van der Waals surface area contributed by atoms with Crippen LogP contribution in [-0.4, -0.2) is 36.6 Å². The minimum absolute atomic E-state index is 0.0648. The number of fused-ring (bicyclic) bond motifs is 1.